The van der Waals surface area contributed by atoms with Crippen LogP contribution in [0.15, 0.2) is 52.0 Å². The van der Waals surface area contributed by atoms with Crippen LogP contribution in [0.5, 0.6) is 0 Å². The number of nitrogens with zero attached hydrogens (tertiary/aromatic N) is 1. The van der Waals surface area contributed by atoms with Crippen molar-refractivity contribution < 1.29 is 9.53 Å². The maximum atomic E-state index is 13.8. The van der Waals surface area contributed by atoms with Crippen molar-refractivity contribution in [2.45, 2.75) is 71.1 Å². The van der Waals surface area contributed by atoms with Crippen molar-refractivity contribution in [2.24, 2.45) is 23.7 Å². The van der Waals surface area contributed by atoms with E-state index in [9.17, 15) is 4.79 Å². The number of thiocarbonyl (C=S) groups is 1. The third kappa shape index (κ3) is 5.10. The number of allylic oxidation sites excluding steroid dienone is 3. The summed E-state index contributed by atoms with van der Waals surface area (Å²) in [6.45, 7) is 8.81. The van der Waals surface area contributed by atoms with Crippen LogP contribution in [-0.2, 0) is 10.3 Å². The summed E-state index contributed by atoms with van der Waals surface area (Å²) < 4.78 is 7.27. The van der Waals surface area contributed by atoms with Gasteiger partial charge in [0.2, 0.25) is 0 Å². The minimum atomic E-state index is -0.569. The molecule has 0 radical (unpaired) electrons. The number of halogens is 2. The average molecular weight is 566 g/mol. The molecule has 34 heavy (non-hydrogen) atoms. The van der Waals surface area contributed by atoms with E-state index in [1.807, 2.05) is 24.3 Å². The first-order chi connectivity index (χ1) is 16.1. The SMILES string of the molecule is CC(C)[C@@H]1CC[C@@H](C)C[C@H]1OC(=O)N1C(=S)N[C@](C)(c2ccc(Br)cc2)[C@@H]1C1C=CC(Cl)=CC1. The van der Waals surface area contributed by atoms with Crippen LogP contribution >= 0.6 is 39.7 Å². The Balaban J connectivity index is 1.67. The van der Waals surface area contributed by atoms with E-state index in [-0.39, 0.29) is 24.2 Å². The van der Waals surface area contributed by atoms with Crippen LogP contribution < -0.4 is 5.32 Å². The summed E-state index contributed by atoms with van der Waals surface area (Å²) in [7, 11) is 0. The molecule has 7 heteroatoms. The number of rotatable bonds is 4. The fourth-order valence-corrected chi connectivity index (χ4v) is 6.70. The van der Waals surface area contributed by atoms with Crippen LogP contribution in [0.2, 0.25) is 0 Å². The van der Waals surface area contributed by atoms with Crippen LogP contribution in [0.25, 0.3) is 0 Å². The van der Waals surface area contributed by atoms with E-state index in [0.717, 1.165) is 34.3 Å². The molecular weight excluding hydrogens is 532 g/mol. The maximum absolute atomic E-state index is 13.8. The Morgan fingerprint density at radius 3 is 2.62 bits per heavy atom. The van der Waals surface area contributed by atoms with Crippen LogP contribution in [-0.4, -0.2) is 28.3 Å². The highest BCUT2D eigenvalue weighted by atomic mass is 79.9. The van der Waals surface area contributed by atoms with Gasteiger partial charge in [0.15, 0.2) is 5.11 Å². The second-order valence-corrected chi connectivity index (χ2v) is 12.3. The standard InChI is InChI=1S/C27H34BrClN2O2S/c1-16(2)22-14-5-17(3)15-23(22)33-26(32)31-24(18-6-12-21(29)13-7-18)27(4,30-25(31)34)19-8-10-20(28)11-9-19/h6,8-13,16-18,22-24H,5,7,14-15H2,1-4H3,(H,30,34)/t17-,18?,22+,23-,24+,27-/m1/s1. The predicted molar refractivity (Wildman–Crippen MR) is 146 cm³/mol. The highest BCUT2D eigenvalue weighted by Gasteiger charge is 2.54. The van der Waals surface area contributed by atoms with E-state index in [4.69, 9.17) is 28.6 Å². The highest BCUT2D eigenvalue weighted by Crippen LogP contribution is 2.42. The van der Waals surface area contributed by atoms with Gasteiger partial charge in [-0.25, -0.2) is 9.69 Å². The molecule has 184 valence electrons. The molecule has 1 aromatic rings. The smallest absolute Gasteiger partial charge is 0.416 e. The lowest BCUT2D eigenvalue weighted by atomic mass is 9.75. The van der Waals surface area contributed by atoms with Gasteiger partial charge in [-0.15, -0.1) is 0 Å². The number of amides is 1. The number of ether oxygens (including phenoxy) is 1. The van der Waals surface area contributed by atoms with Gasteiger partial charge in [-0.2, -0.15) is 0 Å². The quantitative estimate of drug-likeness (QED) is 0.383. The molecule has 1 amide bonds. The number of hydrogen-bond acceptors (Lipinski definition) is 3. The summed E-state index contributed by atoms with van der Waals surface area (Å²) in [6.07, 6.45) is 9.50. The Kier molecular flexibility index (Phi) is 7.80. The lowest BCUT2D eigenvalue weighted by Crippen LogP contribution is -2.51. The van der Waals surface area contributed by atoms with E-state index < -0.39 is 5.54 Å². The van der Waals surface area contributed by atoms with E-state index in [1.54, 1.807) is 4.90 Å². The summed E-state index contributed by atoms with van der Waals surface area (Å²) in [4.78, 5) is 15.5. The van der Waals surface area contributed by atoms with Crippen molar-refractivity contribution in [3.63, 3.8) is 0 Å². The molecule has 6 atom stereocenters. The number of carbonyl (C=O) groups excluding carboxylic acids is 1. The molecule has 1 saturated heterocycles. The van der Waals surface area contributed by atoms with E-state index in [1.165, 1.54) is 6.42 Å². The van der Waals surface area contributed by atoms with Crippen molar-refractivity contribution in [2.75, 3.05) is 0 Å². The molecule has 1 aromatic carbocycles. The topological polar surface area (TPSA) is 41.6 Å². The Morgan fingerprint density at radius 2 is 2.00 bits per heavy atom. The van der Waals surface area contributed by atoms with Crippen LogP contribution in [0.1, 0.15) is 58.9 Å². The van der Waals surface area contributed by atoms with Crippen LogP contribution in [0, 0.1) is 23.7 Å². The lowest BCUT2D eigenvalue weighted by molar-refractivity contribution is -0.00869. The van der Waals surface area contributed by atoms with Gasteiger partial charge in [0.05, 0.1) is 11.6 Å². The first-order valence-electron chi connectivity index (χ1n) is 12.2. The molecule has 1 saturated carbocycles. The molecule has 3 aliphatic rings. The van der Waals surface area contributed by atoms with Crippen LogP contribution in [0.4, 0.5) is 4.79 Å². The Morgan fingerprint density at radius 1 is 1.29 bits per heavy atom. The number of carbonyl (C=O) groups is 1. The van der Waals surface area contributed by atoms with Crippen LogP contribution in [0.3, 0.4) is 0 Å². The van der Waals surface area contributed by atoms with E-state index >= 15 is 0 Å². The van der Waals surface area contributed by atoms with E-state index in [2.05, 4.69) is 67.2 Å². The molecule has 0 aromatic heterocycles. The van der Waals surface area contributed by atoms with Gasteiger partial charge in [-0.3, -0.25) is 0 Å². The monoisotopic (exact) mass is 564 g/mol. The predicted octanol–water partition coefficient (Wildman–Crippen LogP) is 7.52. The lowest BCUT2D eigenvalue weighted by Gasteiger charge is -2.40. The normalized spacial score (nSPS) is 33.6. The van der Waals surface area contributed by atoms with Gasteiger partial charge in [0.1, 0.15) is 6.10 Å². The van der Waals surface area contributed by atoms with Crippen molar-refractivity contribution in [3.05, 3.63) is 57.6 Å². The molecular formula is C27H34BrClN2O2S. The van der Waals surface area contributed by atoms with Crippen molar-refractivity contribution in [3.8, 4) is 0 Å². The fourth-order valence-electron chi connectivity index (χ4n) is 5.88. The van der Waals surface area contributed by atoms with Gasteiger partial charge < -0.3 is 10.1 Å². The second-order valence-electron chi connectivity index (χ2n) is 10.6. The van der Waals surface area contributed by atoms with Gasteiger partial charge in [0, 0.05) is 15.4 Å². The zero-order valence-corrected chi connectivity index (χ0v) is 23.4. The molecule has 2 fully saturated rings. The summed E-state index contributed by atoms with van der Waals surface area (Å²) >= 11 is 15.5. The minimum absolute atomic E-state index is 0.0443. The number of benzene rings is 1. The average Bonchev–Trinajstić information content (AvgIpc) is 3.05. The number of nitrogens with one attached hydrogen (secondary N) is 1. The van der Waals surface area contributed by atoms with Gasteiger partial charge >= 0.3 is 6.09 Å². The first kappa shape index (κ1) is 25.7. The highest BCUT2D eigenvalue weighted by molar-refractivity contribution is 9.10. The Bertz CT molecular complexity index is 995. The van der Waals surface area contributed by atoms with Gasteiger partial charge in [0.25, 0.3) is 0 Å². The molecule has 1 heterocycles. The van der Waals surface area contributed by atoms with Crippen molar-refractivity contribution >= 4 is 51.0 Å². The third-order valence-corrected chi connectivity index (χ3v) is 8.91. The maximum Gasteiger partial charge on any atom is 0.416 e. The molecule has 1 N–H and O–H groups in total. The summed E-state index contributed by atoms with van der Waals surface area (Å²) in [5.41, 5.74) is 0.500. The minimum Gasteiger partial charge on any atom is -0.445 e. The number of hydrogen-bond donors (Lipinski definition) is 1. The largest absolute Gasteiger partial charge is 0.445 e. The molecule has 4 rings (SSSR count). The van der Waals surface area contributed by atoms with Crippen molar-refractivity contribution in [1.82, 2.24) is 10.2 Å². The Labute approximate surface area is 222 Å². The molecule has 4 nitrogen and oxygen atoms in total. The van der Waals surface area contributed by atoms with Gasteiger partial charge in [-0.05, 0) is 79.9 Å². The van der Waals surface area contributed by atoms with E-state index in [0.29, 0.717) is 22.9 Å². The third-order valence-electron chi connectivity index (χ3n) is 7.80. The molecule has 0 bridgehead atoms. The molecule has 0 spiro atoms. The zero-order valence-electron chi connectivity index (χ0n) is 20.3. The zero-order chi connectivity index (χ0) is 24.6. The van der Waals surface area contributed by atoms with Crippen molar-refractivity contribution in [1.29, 1.82) is 0 Å². The second kappa shape index (κ2) is 10.3. The fraction of sp³-hybridized carbons (Fsp3) is 0.556. The molecule has 1 unspecified atom stereocenters. The van der Waals surface area contributed by atoms with Gasteiger partial charge in [-0.1, -0.05) is 79.0 Å². The summed E-state index contributed by atoms with van der Waals surface area (Å²) in [6, 6.07) is 7.95. The molecule has 1 aliphatic heterocycles. The summed E-state index contributed by atoms with van der Waals surface area (Å²) in [5, 5.41) is 4.63. The summed E-state index contributed by atoms with van der Waals surface area (Å²) in [5.74, 6) is 1.43. The molecule has 2 aliphatic carbocycles. The first-order valence-corrected chi connectivity index (χ1v) is 13.8. The Hall–Kier alpha value is -1.37.